The monoisotopic (exact) mass is 550 g/mol. The van der Waals surface area contributed by atoms with Crippen molar-refractivity contribution in [1.29, 1.82) is 0 Å². The van der Waals surface area contributed by atoms with Crippen LogP contribution in [0.25, 0.3) is 11.1 Å². The summed E-state index contributed by atoms with van der Waals surface area (Å²) in [5.74, 6) is -0.482. The molecule has 0 saturated carbocycles. The van der Waals surface area contributed by atoms with Crippen LogP contribution in [0.1, 0.15) is 11.1 Å². The summed E-state index contributed by atoms with van der Waals surface area (Å²) < 4.78 is 11.2. The highest BCUT2D eigenvalue weighted by atomic mass is 127. The lowest BCUT2D eigenvalue weighted by atomic mass is 9.96. The van der Waals surface area contributed by atoms with Crippen LogP contribution in [0.3, 0.4) is 0 Å². The van der Waals surface area contributed by atoms with Crippen molar-refractivity contribution < 1.29 is 19.1 Å². The molecule has 2 aromatic rings. The summed E-state index contributed by atoms with van der Waals surface area (Å²) in [6.07, 6.45) is 0. The molecule has 0 N–H and O–H groups in total. The summed E-state index contributed by atoms with van der Waals surface area (Å²) in [5, 5.41) is 0. The Morgan fingerprint density at radius 2 is 1.08 bits per heavy atom. The fourth-order valence-corrected chi connectivity index (χ4v) is 2.65. The van der Waals surface area contributed by atoms with E-state index < -0.39 is 0 Å². The van der Waals surface area contributed by atoms with Crippen molar-refractivity contribution in [2.75, 3.05) is 8.86 Å². The first-order chi connectivity index (χ1) is 11.7. The zero-order valence-electron chi connectivity index (χ0n) is 12.8. The molecule has 0 bridgehead atoms. The van der Waals surface area contributed by atoms with Crippen LogP contribution >= 0.6 is 45.2 Å². The Morgan fingerprint density at radius 1 is 0.708 bits per heavy atom. The lowest BCUT2D eigenvalue weighted by molar-refractivity contribution is -0.142. The summed E-state index contributed by atoms with van der Waals surface area (Å²) in [7, 11) is 0. The van der Waals surface area contributed by atoms with Gasteiger partial charge in [0.1, 0.15) is 13.2 Å². The molecule has 0 aromatic heterocycles. The number of carbonyl (C=O) groups is 2. The van der Waals surface area contributed by atoms with Gasteiger partial charge in [0.05, 0.1) is 8.86 Å². The molecule has 0 aliphatic rings. The van der Waals surface area contributed by atoms with Gasteiger partial charge in [-0.05, 0) is 22.3 Å². The molecular formula is C18H16I2O4. The number of ether oxygens (including phenoxy) is 2. The molecule has 0 aliphatic heterocycles. The SMILES string of the molecule is O=C(CI)OCc1ccccc1-c1ccccc1COC(=O)CI. The summed E-state index contributed by atoms with van der Waals surface area (Å²) >= 11 is 3.96. The Bertz CT molecular complexity index is 654. The number of hydrogen-bond acceptors (Lipinski definition) is 4. The van der Waals surface area contributed by atoms with Crippen LogP contribution in [0.2, 0.25) is 0 Å². The molecule has 2 rings (SSSR count). The molecule has 0 fully saturated rings. The van der Waals surface area contributed by atoms with Gasteiger partial charge in [-0.2, -0.15) is 0 Å². The Morgan fingerprint density at radius 3 is 1.46 bits per heavy atom. The number of hydrogen-bond donors (Lipinski definition) is 0. The Balaban J connectivity index is 2.28. The molecule has 0 saturated heterocycles. The van der Waals surface area contributed by atoms with E-state index in [1.807, 2.05) is 93.7 Å². The maximum atomic E-state index is 11.4. The normalized spacial score (nSPS) is 10.2. The molecule has 0 spiro atoms. The van der Waals surface area contributed by atoms with Crippen molar-refractivity contribution in [2.24, 2.45) is 0 Å². The fourth-order valence-electron chi connectivity index (χ4n) is 2.21. The molecule has 4 nitrogen and oxygen atoms in total. The van der Waals surface area contributed by atoms with Gasteiger partial charge < -0.3 is 9.47 Å². The van der Waals surface area contributed by atoms with Crippen molar-refractivity contribution in [3.8, 4) is 11.1 Å². The van der Waals surface area contributed by atoms with Gasteiger partial charge in [0.25, 0.3) is 0 Å². The molecule has 126 valence electrons. The molecule has 0 atom stereocenters. The predicted octanol–water partition coefficient (Wildman–Crippen LogP) is 4.31. The minimum Gasteiger partial charge on any atom is -0.460 e. The van der Waals surface area contributed by atoms with Crippen molar-refractivity contribution in [2.45, 2.75) is 13.2 Å². The van der Waals surface area contributed by atoms with Crippen LogP contribution in [-0.4, -0.2) is 20.8 Å². The van der Waals surface area contributed by atoms with Gasteiger partial charge in [-0.15, -0.1) is 0 Å². The number of carbonyl (C=O) groups excluding carboxylic acids is 2. The first-order valence-corrected chi connectivity index (χ1v) is 10.3. The first-order valence-electron chi connectivity index (χ1n) is 7.25. The third-order valence-electron chi connectivity index (χ3n) is 3.32. The van der Waals surface area contributed by atoms with Crippen LogP contribution in [0, 0.1) is 0 Å². The fraction of sp³-hybridized carbons (Fsp3) is 0.222. The first kappa shape index (κ1) is 19.2. The Kier molecular flexibility index (Phi) is 7.97. The topological polar surface area (TPSA) is 52.6 Å². The van der Waals surface area contributed by atoms with E-state index in [-0.39, 0.29) is 25.2 Å². The van der Waals surface area contributed by atoms with Gasteiger partial charge >= 0.3 is 11.9 Å². The molecule has 0 unspecified atom stereocenters. The Labute approximate surface area is 168 Å². The highest BCUT2D eigenvalue weighted by molar-refractivity contribution is 14.1. The standard InChI is InChI=1S/C18H16I2O4/c19-9-17(21)23-11-13-5-1-3-7-15(13)16-8-4-2-6-14(16)12-24-18(22)10-20/h1-8H,9-12H2. The second-order valence-electron chi connectivity index (χ2n) is 4.90. The zero-order chi connectivity index (χ0) is 17.4. The minimum absolute atomic E-state index is 0.222. The van der Waals surface area contributed by atoms with E-state index >= 15 is 0 Å². The van der Waals surface area contributed by atoms with Crippen LogP contribution in [0.5, 0.6) is 0 Å². The van der Waals surface area contributed by atoms with Gasteiger partial charge in [-0.1, -0.05) is 93.7 Å². The van der Waals surface area contributed by atoms with Crippen LogP contribution in [0.15, 0.2) is 48.5 Å². The van der Waals surface area contributed by atoms with Crippen LogP contribution in [0.4, 0.5) is 0 Å². The second kappa shape index (κ2) is 9.97. The molecule has 6 heteroatoms. The van der Waals surface area contributed by atoms with Crippen molar-refractivity contribution >= 4 is 57.1 Å². The van der Waals surface area contributed by atoms with Gasteiger partial charge in [-0.3, -0.25) is 9.59 Å². The number of alkyl halides is 2. The molecule has 2 aromatic carbocycles. The molecule has 0 aliphatic carbocycles. The minimum atomic E-state index is -0.241. The van der Waals surface area contributed by atoms with Crippen LogP contribution < -0.4 is 0 Å². The Hall–Kier alpha value is -1.16. The number of halogens is 2. The van der Waals surface area contributed by atoms with Gasteiger partial charge in [0, 0.05) is 0 Å². The smallest absolute Gasteiger partial charge is 0.316 e. The van der Waals surface area contributed by atoms with E-state index in [4.69, 9.17) is 9.47 Å². The van der Waals surface area contributed by atoms with Gasteiger partial charge in [0.15, 0.2) is 0 Å². The average molecular weight is 550 g/mol. The number of benzene rings is 2. The third-order valence-corrected chi connectivity index (χ3v) is 4.57. The number of esters is 2. The lowest BCUT2D eigenvalue weighted by Crippen LogP contribution is -2.07. The summed E-state index contributed by atoms with van der Waals surface area (Å²) in [6, 6.07) is 15.5. The summed E-state index contributed by atoms with van der Waals surface area (Å²) in [6.45, 7) is 0.444. The molecular weight excluding hydrogens is 534 g/mol. The molecule has 24 heavy (non-hydrogen) atoms. The predicted molar refractivity (Wildman–Crippen MR) is 109 cm³/mol. The van der Waals surface area contributed by atoms with Crippen molar-refractivity contribution in [3.63, 3.8) is 0 Å². The highest BCUT2D eigenvalue weighted by Crippen LogP contribution is 2.28. The van der Waals surface area contributed by atoms with E-state index in [2.05, 4.69) is 0 Å². The molecule has 0 radical (unpaired) electrons. The number of rotatable bonds is 7. The quantitative estimate of drug-likeness (QED) is 0.293. The maximum Gasteiger partial charge on any atom is 0.316 e. The average Bonchev–Trinajstić information content (AvgIpc) is 2.64. The van der Waals surface area contributed by atoms with Crippen molar-refractivity contribution in [1.82, 2.24) is 0 Å². The molecule has 0 heterocycles. The zero-order valence-corrected chi connectivity index (χ0v) is 17.2. The summed E-state index contributed by atoms with van der Waals surface area (Å²) in [4.78, 5) is 22.8. The van der Waals surface area contributed by atoms with E-state index in [1.165, 1.54) is 0 Å². The largest absolute Gasteiger partial charge is 0.460 e. The van der Waals surface area contributed by atoms with Crippen LogP contribution in [-0.2, 0) is 32.3 Å². The van der Waals surface area contributed by atoms with E-state index in [1.54, 1.807) is 0 Å². The lowest BCUT2D eigenvalue weighted by Gasteiger charge is -2.14. The summed E-state index contributed by atoms with van der Waals surface area (Å²) in [5.41, 5.74) is 3.78. The highest BCUT2D eigenvalue weighted by Gasteiger charge is 2.12. The third kappa shape index (κ3) is 5.44. The van der Waals surface area contributed by atoms with E-state index in [0.29, 0.717) is 8.86 Å². The van der Waals surface area contributed by atoms with E-state index in [9.17, 15) is 9.59 Å². The molecule has 0 amide bonds. The van der Waals surface area contributed by atoms with Gasteiger partial charge in [-0.25, -0.2) is 0 Å². The maximum absolute atomic E-state index is 11.4. The van der Waals surface area contributed by atoms with Crippen molar-refractivity contribution in [3.05, 3.63) is 59.7 Å². The van der Waals surface area contributed by atoms with Gasteiger partial charge in [0.2, 0.25) is 0 Å². The second-order valence-corrected chi connectivity index (χ2v) is 6.43. The van der Waals surface area contributed by atoms with E-state index in [0.717, 1.165) is 22.3 Å².